The molecule has 3 nitrogen and oxygen atoms in total. The molecule has 0 aliphatic rings. The Bertz CT molecular complexity index is 659. The van der Waals surface area contributed by atoms with Crippen molar-refractivity contribution in [3.05, 3.63) is 71.3 Å². The van der Waals surface area contributed by atoms with Crippen LogP contribution >= 0.6 is 0 Å². The van der Waals surface area contributed by atoms with Gasteiger partial charge in [-0.05, 0) is 31.6 Å². The van der Waals surface area contributed by atoms with Crippen molar-refractivity contribution in [2.24, 2.45) is 0 Å². The molecular formula is C19H21NO2. The summed E-state index contributed by atoms with van der Waals surface area (Å²) in [7, 11) is 1.62. The van der Waals surface area contributed by atoms with Crippen LogP contribution < -0.4 is 10.1 Å². The Morgan fingerprint density at radius 3 is 2.50 bits per heavy atom. The maximum atomic E-state index is 12.0. The summed E-state index contributed by atoms with van der Waals surface area (Å²) in [6, 6.07) is 15.7. The largest absolute Gasteiger partial charge is 0.496 e. The topological polar surface area (TPSA) is 38.3 Å². The summed E-state index contributed by atoms with van der Waals surface area (Å²) in [6.45, 7) is 4.02. The summed E-state index contributed by atoms with van der Waals surface area (Å²) in [5.41, 5.74) is 3.17. The maximum absolute atomic E-state index is 12.0. The van der Waals surface area contributed by atoms with Gasteiger partial charge in [0.2, 0.25) is 5.91 Å². The molecule has 1 amide bonds. The van der Waals surface area contributed by atoms with Crippen molar-refractivity contribution in [1.29, 1.82) is 0 Å². The predicted octanol–water partition coefficient (Wildman–Crippen LogP) is 3.89. The highest BCUT2D eigenvalue weighted by atomic mass is 16.5. The molecule has 0 heterocycles. The number of benzene rings is 2. The van der Waals surface area contributed by atoms with E-state index in [4.69, 9.17) is 4.74 Å². The van der Waals surface area contributed by atoms with E-state index >= 15 is 0 Å². The van der Waals surface area contributed by atoms with Crippen molar-refractivity contribution >= 4 is 12.0 Å². The zero-order chi connectivity index (χ0) is 15.9. The summed E-state index contributed by atoms with van der Waals surface area (Å²) in [6.07, 6.45) is 3.29. The summed E-state index contributed by atoms with van der Waals surface area (Å²) < 4.78 is 5.26. The molecule has 0 spiro atoms. The smallest absolute Gasteiger partial charge is 0.244 e. The number of nitrogens with one attached hydrogen (secondary N) is 1. The zero-order valence-electron chi connectivity index (χ0n) is 13.2. The summed E-state index contributed by atoms with van der Waals surface area (Å²) in [5, 5.41) is 2.96. The van der Waals surface area contributed by atoms with Crippen molar-refractivity contribution in [1.82, 2.24) is 5.32 Å². The first kappa shape index (κ1) is 15.8. The molecule has 0 bridgehead atoms. The van der Waals surface area contributed by atoms with E-state index in [1.54, 1.807) is 13.2 Å². The van der Waals surface area contributed by atoms with Crippen molar-refractivity contribution in [2.75, 3.05) is 7.11 Å². The predicted molar refractivity (Wildman–Crippen MR) is 89.8 cm³/mol. The molecule has 0 aliphatic heterocycles. The van der Waals surface area contributed by atoms with E-state index in [0.717, 1.165) is 16.9 Å². The lowest BCUT2D eigenvalue weighted by atomic mass is 10.1. The SMILES string of the molecule is COc1ccccc1/C=C/C(=O)NC(C)c1ccc(C)cc1. The van der Waals surface area contributed by atoms with Gasteiger partial charge in [-0.15, -0.1) is 0 Å². The van der Waals surface area contributed by atoms with E-state index in [9.17, 15) is 4.79 Å². The van der Waals surface area contributed by atoms with Gasteiger partial charge >= 0.3 is 0 Å². The minimum Gasteiger partial charge on any atom is -0.496 e. The second-order valence-corrected chi connectivity index (χ2v) is 5.22. The van der Waals surface area contributed by atoms with Gasteiger partial charge in [-0.3, -0.25) is 4.79 Å². The number of hydrogen-bond acceptors (Lipinski definition) is 2. The van der Waals surface area contributed by atoms with Gasteiger partial charge in [0.15, 0.2) is 0 Å². The Morgan fingerprint density at radius 1 is 1.14 bits per heavy atom. The average Bonchev–Trinajstić information content (AvgIpc) is 2.53. The minimum atomic E-state index is -0.126. The Morgan fingerprint density at radius 2 is 1.82 bits per heavy atom. The van der Waals surface area contributed by atoms with Gasteiger partial charge in [-0.2, -0.15) is 0 Å². The Kier molecular flexibility index (Phi) is 5.37. The quantitative estimate of drug-likeness (QED) is 0.850. The van der Waals surface area contributed by atoms with E-state index < -0.39 is 0 Å². The monoisotopic (exact) mass is 295 g/mol. The Balaban J connectivity index is 2.00. The fourth-order valence-electron chi connectivity index (χ4n) is 2.17. The zero-order valence-corrected chi connectivity index (χ0v) is 13.2. The van der Waals surface area contributed by atoms with E-state index in [-0.39, 0.29) is 11.9 Å². The molecule has 1 atom stereocenters. The van der Waals surface area contributed by atoms with Crippen molar-refractivity contribution < 1.29 is 9.53 Å². The van der Waals surface area contributed by atoms with Crippen LogP contribution in [0.3, 0.4) is 0 Å². The van der Waals surface area contributed by atoms with E-state index in [1.165, 1.54) is 11.6 Å². The summed E-state index contributed by atoms with van der Waals surface area (Å²) in [5.74, 6) is 0.622. The molecular weight excluding hydrogens is 274 g/mol. The van der Waals surface area contributed by atoms with Crippen LogP contribution in [0.4, 0.5) is 0 Å². The number of carbonyl (C=O) groups excluding carboxylic acids is 1. The van der Waals surface area contributed by atoms with Crippen LogP contribution in [0.5, 0.6) is 5.75 Å². The van der Waals surface area contributed by atoms with Gasteiger partial charge in [0.25, 0.3) is 0 Å². The molecule has 1 unspecified atom stereocenters. The maximum Gasteiger partial charge on any atom is 0.244 e. The molecule has 2 aromatic rings. The molecule has 0 saturated heterocycles. The Hall–Kier alpha value is -2.55. The second kappa shape index (κ2) is 7.46. The van der Waals surface area contributed by atoms with Crippen LogP contribution in [0.2, 0.25) is 0 Å². The van der Waals surface area contributed by atoms with Crippen LogP contribution in [-0.2, 0) is 4.79 Å². The first-order chi connectivity index (χ1) is 10.6. The fourth-order valence-corrected chi connectivity index (χ4v) is 2.17. The van der Waals surface area contributed by atoms with E-state index in [2.05, 4.69) is 5.32 Å². The van der Waals surface area contributed by atoms with Crippen molar-refractivity contribution in [3.63, 3.8) is 0 Å². The van der Waals surface area contributed by atoms with E-state index in [1.807, 2.05) is 62.4 Å². The molecule has 0 saturated carbocycles. The van der Waals surface area contributed by atoms with Crippen LogP contribution in [0, 0.1) is 6.92 Å². The van der Waals surface area contributed by atoms with Crippen LogP contribution in [0.1, 0.15) is 29.7 Å². The standard InChI is InChI=1S/C19H21NO2/c1-14-8-10-16(11-9-14)15(2)20-19(21)13-12-17-6-4-5-7-18(17)22-3/h4-13,15H,1-3H3,(H,20,21)/b13-12+. The molecule has 0 radical (unpaired) electrons. The van der Waals surface area contributed by atoms with Gasteiger partial charge in [0.05, 0.1) is 13.2 Å². The van der Waals surface area contributed by atoms with Crippen LogP contribution in [0.25, 0.3) is 6.08 Å². The average molecular weight is 295 g/mol. The molecule has 0 fully saturated rings. The third-order valence-electron chi connectivity index (χ3n) is 3.49. The molecule has 2 rings (SSSR count). The highest BCUT2D eigenvalue weighted by Crippen LogP contribution is 2.18. The number of ether oxygens (including phenoxy) is 1. The van der Waals surface area contributed by atoms with Gasteiger partial charge < -0.3 is 10.1 Å². The summed E-state index contributed by atoms with van der Waals surface area (Å²) in [4.78, 5) is 12.0. The van der Waals surface area contributed by atoms with Crippen molar-refractivity contribution in [2.45, 2.75) is 19.9 Å². The number of para-hydroxylation sites is 1. The number of rotatable bonds is 5. The number of amides is 1. The van der Waals surface area contributed by atoms with Gasteiger partial charge in [0.1, 0.15) is 5.75 Å². The third kappa shape index (κ3) is 4.22. The molecule has 22 heavy (non-hydrogen) atoms. The third-order valence-corrected chi connectivity index (χ3v) is 3.49. The molecule has 114 valence electrons. The highest BCUT2D eigenvalue weighted by Gasteiger charge is 2.07. The van der Waals surface area contributed by atoms with Gasteiger partial charge in [0, 0.05) is 11.6 Å². The number of hydrogen-bond donors (Lipinski definition) is 1. The van der Waals surface area contributed by atoms with Gasteiger partial charge in [-0.25, -0.2) is 0 Å². The van der Waals surface area contributed by atoms with Gasteiger partial charge in [-0.1, -0.05) is 48.0 Å². The van der Waals surface area contributed by atoms with E-state index in [0.29, 0.717) is 0 Å². The normalized spacial score (nSPS) is 12.1. The number of methoxy groups -OCH3 is 1. The van der Waals surface area contributed by atoms with Crippen LogP contribution in [-0.4, -0.2) is 13.0 Å². The minimum absolute atomic E-state index is 0.0320. The molecule has 3 heteroatoms. The lowest BCUT2D eigenvalue weighted by Gasteiger charge is -2.13. The van der Waals surface area contributed by atoms with Crippen LogP contribution in [0.15, 0.2) is 54.6 Å². The lowest BCUT2D eigenvalue weighted by Crippen LogP contribution is -2.24. The molecule has 2 aromatic carbocycles. The number of aryl methyl sites for hydroxylation is 1. The number of carbonyl (C=O) groups is 1. The lowest BCUT2D eigenvalue weighted by molar-refractivity contribution is -0.117. The Labute approximate surface area is 131 Å². The highest BCUT2D eigenvalue weighted by molar-refractivity contribution is 5.92. The first-order valence-electron chi connectivity index (χ1n) is 7.28. The first-order valence-corrected chi connectivity index (χ1v) is 7.28. The second-order valence-electron chi connectivity index (χ2n) is 5.22. The van der Waals surface area contributed by atoms with Crippen molar-refractivity contribution in [3.8, 4) is 5.75 Å². The molecule has 1 N–H and O–H groups in total. The molecule has 0 aliphatic carbocycles. The summed E-state index contributed by atoms with van der Waals surface area (Å²) >= 11 is 0. The fraction of sp³-hybridized carbons (Fsp3) is 0.211. The molecule has 0 aromatic heterocycles.